The Bertz CT molecular complexity index is 732. The van der Waals surface area contributed by atoms with E-state index in [-0.39, 0.29) is 5.82 Å². The van der Waals surface area contributed by atoms with E-state index in [1.54, 1.807) is 17.4 Å². The molecule has 1 atom stereocenters. The Kier molecular flexibility index (Phi) is 3.29. The highest BCUT2D eigenvalue weighted by atomic mass is 35.5. The second-order valence-corrected chi connectivity index (χ2v) is 5.92. The molecule has 0 fully saturated rings. The third-order valence-electron chi connectivity index (χ3n) is 3.21. The molecule has 0 aliphatic heterocycles. The van der Waals surface area contributed by atoms with Gasteiger partial charge in [-0.2, -0.15) is 0 Å². The minimum atomic E-state index is -0.447. The molecule has 0 nitrogen and oxygen atoms in total. The van der Waals surface area contributed by atoms with Crippen LogP contribution in [0.3, 0.4) is 0 Å². The summed E-state index contributed by atoms with van der Waals surface area (Å²) in [5.74, 6) is -0.240. The Balaban J connectivity index is 2.10. The first kappa shape index (κ1) is 12.6. The van der Waals surface area contributed by atoms with Gasteiger partial charge in [0.25, 0.3) is 0 Å². The third kappa shape index (κ3) is 2.26. The van der Waals surface area contributed by atoms with E-state index in [9.17, 15) is 4.39 Å². The monoisotopic (exact) mass is 290 g/mol. The van der Waals surface area contributed by atoms with Gasteiger partial charge in [-0.1, -0.05) is 30.3 Å². The topological polar surface area (TPSA) is 0 Å². The number of rotatable bonds is 2. The van der Waals surface area contributed by atoms with E-state index in [0.717, 1.165) is 16.5 Å². The van der Waals surface area contributed by atoms with Crippen molar-refractivity contribution in [2.24, 2.45) is 0 Å². The maximum atomic E-state index is 14.0. The van der Waals surface area contributed by atoms with Gasteiger partial charge in [0.1, 0.15) is 5.82 Å². The van der Waals surface area contributed by atoms with Crippen LogP contribution in [0.25, 0.3) is 10.1 Å². The smallest absolute Gasteiger partial charge is 0.128 e. The molecule has 2 aromatic carbocycles. The molecule has 0 N–H and O–H groups in total. The number of benzene rings is 2. The number of thiophene rings is 1. The molecule has 19 heavy (non-hydrogen) atoms. The van der Waals surface area contributed by atoms with Gasteiger partial charge in [-0.25, -0.2) is 4.39 Å². The number of hydrogen-bond acceptors (Lipinski definition) is 1. The first-order valence-electron chi connectivity index (χ1n) is 6.03. The number of fused-ring (bicyclic) bond motifs is 1. The summed E-state index contributed by atoms with van der Waals surface area (Å²) in [6.45, 7) is 1.87. The lowest BCUT2D eigenvalue weighted by Gasteiger charge is -2.11. The highest BCUT2D eigenvalue weighted by Crippen LogP contribution is 2.38. The van der Waals surface area contributed by atoms with Crippen molar-refractivity contribution in [3.63, 3.8) is 0 Å². The van der Waals surface area contributed by atoms with Crippen LogP contribution in [0, 0.1) is 12.7 Å². The zero-order chi connectivity index (χ0) is 13.4. The Morgan fingerprint density at radius 1 is 1.11 bits per heavy atom. The van der Waals surface area contributed by atoms with Crippen LogP contribution in [0.5, 0.6) is 0 Å². The van der Waals surface area contributed by atoms with Crippen molar-refractivity contribution in [3.8, 4) is 0 Å². The lowest BCUT2D eigenvalue weighted by Crippen LogP contribution is -1.96. The van der Waals surface area contributed by atoms with Gasteiger partial charge < -0.3 is 0 Å². The van der Waals surface area contributed by atoms with Crippen molar-refractivity contribution in [1.29, 1.82) is 0 Å². The molecule has 0 amide bonds. The van der Waals surface area contributed by atoms with Crippen LogP contribution in [-0.4, -0.2) is 0 Å². The molecule has 3 rings (SSSR count). The molecule has 0 radical (unpaired) electrons. The second-order valence-electron chi connectivity index (χ2n) is 4.57. The summed E-state index contributed by atoms with van der Waals surface area (Å²) < 4.78 is 15.2. The number of aryl methyl sites for hydroxylation is 1. The van der Waals surface area contributed by atoms with E-state index in [4.69, 9.17) is 11.6 Å². The molecule has 0 bridgehead atoms. The third-order valence-corrected chi connectivity index (χ3v) is 4.66. The van der Waals surface area contributed by atoms with E-state index in [1.807, 2.05) is 36.6 Å². The fourth-order valence-corrected chi connectivity index (χ4v) is 3.62. The fraction of sp³-hybridized carbons (Fsp3) is 0.125. The van der Waals surface area contributed by atoms with Crippen LogP contribution in [0.4, 0.5) is 4.39 Å². The summed E-state index contributed by atoms with van der Waals surface area (Å²) in [4.78, 5) is 0. The molecule has 1 aromatic heterocycles. The molecule has 3 aromatic rings. The normalized spacial score (nSPS) is 12.8. The van der Waals surface area contributed by atoms with Crippen LogP contribution in [0.15, 0.2) is 47.8 Å². The Labute approximate surface area is 120 Å². The maximum Gasteiger partial charge on any atom is 0.128 e. The van der Waals surface area contributed by atoms with Crippen molar-refractivity contribution < 1.29 is 4.39 Å². The summed E-state index contributed by atoms with van der Waals surface area (Å²) in [6, 6.07) is 13.3. The fourth-order valence-electron chi connectivity index (χ4n) is 2.20. The standard InChI is InChI=1S/C16H12ClFS/c1-10-6-7-12(14(18)8-10)16(17)13-9-19-15-5-3-2-4-11(13)15/h2-9,16H,1H3. The molecule has 1 unspecified atom stereocenters. The quantitative estimate of drug-likeness (QED) is 0.533. The first-order valence-corrected chi connectivity index (χ1v) is 7.34. The molecule has 0 saturated carbocycles. The van der Waals surface area contributed by atoms with Crippen molar-refractivity contribution in [1.82, 2.24) is 0 Å². The molecule has 3 heteroatoms. The van der Waals surface area contributed by atoms with Crippen LogP contribution in [0.1, 0.15) is 22.1 Å². The van der Waals surface area contributed by atoms with Gasteiger partial charge in [0.05, 0.1) is 5.38 Å². The molecule has 0 aliphatic carbocycles. The number of alkyl halides is 1. The Morgan fingerprint density at radius 2 is 1.89 bits per heavy atom. The van der Waals surface area contributed by atoms with Gasteiger partial charge in [0.2, 0.25) is 0 Å². The van der Waals surface area contributed by atoms with Gasteiger partial charge >= 0.3 is 0 Å². The average Bonchev–Trinajstić information content (AvgIpc) is 2.82. The average molecular weight is 291 g/mol. The summed E-state index contributed by atoms with van der Waals surface area (Å²) in [6.07, 6.45) is 0. The minimum Gasteiger partial charge on any atom is -0.207 e. The summed E-state index contributed by atoms with van der Waals surface area (Å²) in [5, 5.41) is 2.67. The van der Waals surface area contributed by atoms with E-state index < -0.39 is 5.38 Å². The van der Waals surface area contributed by atoms with Gasteiger partial charge in [0.15, 0.2) is 0 Å². The van der Waals surface area contributed by atoms with Gasteiger partial charge in [-0.15, -0.1) is 22.9 Å². The largest absolute Gasteiger partial charge is 0.207 e. The first-order chi connectivity index (χ1) is 9.16. The summed E-state index contributed by atoms with van der Waals surface area (Å²) in [7, 11) is 0. The number of hydrogen-bond donors (Lipinski definition) is 0. The van der Waals surface area contributed by atoms with Crippen LogP contribution in [-0.2, 0) is 0 Å². The second kappa shape index (κ2) is 4.95. The molecule has 1 heterocycles. The highest BCUT2D eigenvalue weighted by Gasteiger charge is 2.18. The highest BCUT2D eigenvalue weighted by molar-refractivity contribution is 7.17. The van der Waals surface area contributed by atoms with Gasteiger partial charge in [0, 0.05) is 10.3 Å². The molecule has 96 valence electrons. The molecular weight excluding hydrogens is 279 g/mol. The van der Waals surface area contributed by atoms with Gasteiger partial charge in [-0.05, 0) is 40.9 Å². The molecule has 0 spiro atoms. The van der Waals surface area contributed by atoms with Gasteiger partial charge in [-0.3, -0.25) is 0 Å². The summed E-state index contributed by atoms with van der Waals surface area (Å²) >= 11 is 8.12. The van der Waals surface area contributed by atoms with E-state index in [2.05, 4.69) is 6.07 Å². The predicted molar refractivity (Wildman–Crippen MR) is 80.7 cm³/mol. The van der Waals surface area contributed by atoms with E-state index in [1.165, 1.54) is 10.8 Å². The zero-order valence-electron chi connectivity index (χ0n) is 10.4. The summed E-state index contributed by atoms with van der Waals surface area (Å²) in [5.41, 5.74) is 2.42. The Morgan fingerprint density at radius 3 is 2.68 bits per heavy atom. The predicted octanol–water partition coefficient (Wildman–Crippen LogP) is 5.68. The lowest BCUT2D eigenvalue weighted by molar-refractivity contribution is 0.611. The van der Waals surface area contributed by atoms with Crippen molar-refractivity contribution in [2.45, 2.75) is 12.3 Å². The van der Waals surface area contributed by atoms with Crippen LogP contribution < -0.4 is 0 Å². The van der Waals surface area contributed by atoms with E-state index >= 15 is 0 Å². The zero-order valence-corrected chi connectivity index (χ0v) is 11.9. The Hall–Kier alpha value is -1.38. The van der Waals surface area contributed by atoms with Crippen molar-refractivity contribution in [2.75, 3.05) is 0 Å². The van der Waals surface area contributed by atoms with Crippen LogP contribution in [0.2, 0.25) is 0 Å². The van der Waals surface area contributed by atoms with E-state index in [0.29, 0.717) is 5.56 Å². The maximum absolute atomic E-state index is 14.0. The molecule has 0 aliphatic rings. The van der Waals surface area contributed by atoms with Crippen LogP contribution >= 0.6 is 22.9 Å². The number of halogens is 2. The van der Waals surface area contributed by atoms with Crippen molar-refractivity contribution in [3.05, 3.63) is 70.4 Å². The SMILES string of the molecule is Cc1ccc(C(Cl)c2csc3ccccc23)c(F)c1. The molecular formula is C16H12ClFS. The van der Waals surface area contributed by atoms with Crippen molar-refractivity contribution >= 4 is 33.0 Å². The molecule has 0 saturated heterocycles. The minimum absolute atomic E-state index is 0.240. The lowest BCUT2D eigenvalue weighted by atomic mass is 10.0.